The van der Waals surface area contributed by atoms with E-state index in [-0.39, 0.29) is 12.2 Å². The molecule has 10 nitrogen and oxygen atoms in total. The minimum absolute atomic E-state index is 0.142. The van der Waals surface area contributed by atoms with Gasteiger partial charge in [-0.25, -0.2) is 9.78 Å². The van der Waals surface area contributed by atoms with Crippen molar-refractivity contribution in [2.45, 2.75) is 83.0 Å². The maximum atomic E-state index is 12.5. The third-order valence-corrected chi connectivity index (χ3v) is 9.22. The van der Waals surface area contributed by atoms with Gasteiger partial charge in [-0.05, 0) is 65.5 Å². The lowest BCUT2D eigenvalue weighted by molar-refractivity contribution is 0.00565. The Hall–Kier alpha value is -3.11. The van der Waals surface area contributed by atoms with Gasteiger partial charge in [-0.3, -0.25) is 9.88 Å². The van der Waals surface area contributed by atoms with Gasteiger partial charge in [-0.1, -0.05) is 0 Å². The van der Waals surface area contributed by atoms with Crippen LogP contribution in [0.2, 0.25) is 0 Å². The summed E-state index contributed by atoms with van der Waals surface area (Å²) in [5.74, 6) is 2.63. The number of aromatic nitrogens is 2. The van der Waals surface area contributed by atoms with Crippen LogP contribution in [0.3, 0.4) is 0 Å². The first-order valence-electron chi connectivity index (χ1n) is 15.8. The molecular formula is C32H44N6O4. The maximum absolute atomic E-state index is 12.5. The van der Waals surface area contributed by atoms with Gasteiger partial charge in [0.15, 0.2) is 5.75 Å². The van der Waals surface area contributed by atoms with Crippen molar-refractivity contribution in [3.63, 3.8) is 0 Å². The molecule has 0 unspecified atom stereocenters. The van der Waals surface area contributed by atoms with Gasteiger partial charge in [0, 0.05) is 74.7 Å². The van der Waals surface area contributed by atoms with Crippen LogP contribution in [-0.4, -0.2) is 90.0 Å². The molecular weight excluding hydrogens is 532 g/mol. The Bertz CT molecular complexity index is 1320. The number of fused-ring (bicyclic) bond motifs is 2. The van der Waals surface area contributed by atoms with E-state index in [1.807, 2.05) is 31.9 Å². The third kappa shape index (κ3) is 5.51. The molecule has 1 aliphatic carbocycles. The van der Waals surface area contributed by atoms with E-state index in [1.165, 1.54) is 5.69 Å². The van der Waals surface area contributed by atoms with Crippen molar-refractivity contribution in [1.29, 1.82) is 0 Å². The summed E-state index contributed by atoms with van der Waals surface area (Å²) in [7, 11) is 0. The number of amides is 1. The zero-order valence-electron chi connectivity index (χ0n) is 25.4. The quantitative estimate of drug-likeness (QED) is 0.528. The zero-order chi connectivity index (χ0) is 29.0. The molecule has 1 amide bonds. The molecule has 0 bridgehead atoms. The summed E-state index contributed by atoms with van der Waals surface area (Å²) in [6, 6.07) is 4.81. The van der Waals surface area contributed by atoms with Crippen LogP contribution in [0.5, 0.6) is 5.75 Å². The van der Waals surface area contributed by atoms with E-state index in [4.69, 9.17) is 24.2 Å². The summed E-state index contributed by atoms with van der Waals surface area (Å²) in [5.41, 5.74) is 5.06. The molecule has 1 atom stereocenters. The highest BCUT2D eigenvalue weighted by molar-refractivity contribution is 5.75. The van der Waals surface area contributed by atoms with Gasteiger partial charge in [0.2, 0.25) is 0 Å². The SMILES string of the molecule is C[C@@H]1Oc2c(cc(C3CN(C4CCN(C(=O)OC(C)(C)C)CC4)C3)nc2C2CC2)Nc2nccc(N3CCOCC3)c21. The van der Waals surface area contributed by atoms with Gasteiger partial charge < -0.3 is 29.3 Å². The Morgan fingerprint density at radius 2 is 1.79 bits per heavy atom. The first-order valence-corrected chi connectivity index (χ1v) is 15.8. The third-order valence-electron chi connectivity index (χ3n) is 9.22. The van der Waals surface area contributed by atoms with E-state index >= 15 is 0 Å². The molecule has 6 heterocycles. The normalized spacial score (nSPS) is 23.7. The average Bonchev–Trinajstić information content (AvgIpc) is 3.79. The molecule has 2 aromatic rings. The van der Waals surface area contributed by atoms with E-state index < -0.39 is 5.60 Å². The summed E-state index contributed by atoms with van der Waals surface area (Å²) in [5, 5.41) is 3.69. The molecule has 2 aromatic heterocycles. The summed E-state index contributed by atoms with van der Waals surface area (Å²) >= 11 is 0. The fraction of sp³-hybridized carbons (Fsp3) is 0.656. The highest BCUT2D eigenvalue weighted by Crippen LogP contribution is 2.51. The van der Waals surface area contributed by atoms with Gasteiger partial charge >= 0.3 is 6.09 Å². The number of anilines is 3. The van der Waals surface area contributed by atoms with E-state index in [0.717, 1.165) is 112 Å². The average molecular weight is 577 g/mol. The van der Waals surface area contributed by atoms with Gasteiger partial charge in [-0.15, -0.1) is 0 Å². The molecule has 4 aliphatic heterocycles. The van der Waals surface area contributed by atoms with Crippen LogP contribution in [0.1, 0.15) is 88.3 Å². The number of piperidine rings is 1. The molecule has 3 saturated heterocycles. The Morgan fingerprint density at radius 3 is 2.48 bits per heavy atom. The molecule has 0 radical (unpaired) electrons. The monoisotopic (exact) mass is 576 g/mol. The second-order valence-electron chi connectivity index (χ2n) is 13.5. The lowest BCUT2D eigenvalue weighted by atomic mass is 9.90. The molecule has 7 rings (SSSR count). The number of carbonyl (C=O) groups is 1. The van der Waals surface area contributed by atoms with Crippen LogP contribution in [0.15, 0.2) is 18.3 Å². The van der Waals surface area contributed by atoms with Gasteiger partial charge in [0.1, 0.15) is 17.5 Å². The van der Waals surface area contributed by atoms with E-state index in [9.17, 15) is 4.79 Å². The van der Waals surface area contributed by atoms with E-state index in [0.29, 0.717) is 17.9 Å². The summed E-state index contributed by atoms with van der Waals surface area (Å²) in [4.78, 5) is 29.3. The second-order valence-corrected chi connectivity index (χ2v) is 13.5. The molecule has 0 spiro atoms. The Kier molecular flexibility index (Phi) is 7.17. The van der Waals surface area contributed by atoms with E-state index in [2.05, 4.69) is 34.2 Å². The highest BCUT2D eigenvalue weighted by atomic mass is 16.6. The standard InChI is InChI=1S/C32H44N6O4/c1-20-27-26(36-13-15-40-16-14-36)7-10-33-30(27)35-25-17-24(34-28(21-5-6-21)29(25)41-20)22-18-38(19-22)23-8-11-37(12-9-23)31(39)42-32(2,3)4/h7,10,17,20-23H,5-6,8-9,11-16,18-19H2,1-4H3,(H,33,35)/t20-/m0/s1. The van der Waals surface area contributed by atoms with Crippen LogP contribution in [0.25, 0.3) is 0 Å². The number of nitrogens with zero attached hydrogens (tertiary/aromatic N) is 5. The van der Waals surface area contributed by atoms with Gasteiger partial charge in [0.05, 0.1) is 30.2 Å². The molecule has 1 saturated carbocycles. The molecule has 1 N–H and O–H groups in total. The summed E-state index contributed by atoms with van der Waals surface area (Å²) in [6.07, 6.45) is 5.86. The number of likely N-dealkylation sites (tertiary alicyclic amines) is 2. The fourth-order valence-electron chi connectivity index (χ4n) is 6.78. The van der Waals surface area contributed by atoms with Gasteiger partial charge in [-0.2, -0.15) is 0 Å². The first-order chi connectivity index (χ1) is 20.2. The van der Waals surface area contributed by atoms with E-state index in [1.54, 1.807) is 0 Å². The summed E-state index contributed by atoms with van der Waals surface area (Å²) in [6.45, 7) is 14.6. The minimum Gasteiger partial charge on any atom is -0.482 e. The van der Waals surface area contributed by atoms with Crippen LogP contribution in [0, 0.1) is 0 Å². The molecule has 226 valence electrons. The zero-order valence-corrected chi connectivity index (χ0v) is 25.4. The number of carbonyl (C=O) groups excluding carboxylic acids is 1. The van der Waals surface area contributed by atoms with Crippen molar-refractivity contribution in [1.82, 2.24) is 19.8 Å². The predicted octanol–water partition coefficient (Wildman–Crippen LogP) is 5.19. The minimum atomic E-state index is -0.458. The number of rotatable bonds is 4. The largest absolute Gasteiger partial charge is 0.482 e. The smallest absolute Gasteiger partial charge is 0.410 e. The van der Waals surface area contributed by atoms with Crippen LogP contribution < -0.4 is 15.0 Å². The maximum Gasteiger partial charge on any atom is 0.410 e. The number of pyridine rings is 2. The summed E-state index contributed by atoms with van der Waals surface area (Å²) < 4.78 is 17.9. The molecule has 42 heavy (non-hydrogen) atoms. The van der Waals surface area contributed by atoms with Crippen molar-refractivity contribution in [3.8, 4) is 5.75 Å². The van der Waals surface area contributed by atoms with Crippen molar-refractivity contribution < 1.29 is 19.0 Å². The topological polar surface area (TPSA) is 92.3 Å². The van der Waals surface area contributed by atoms with Crippen molar-refractivity contribution in [2.75, 3.05) is 62.7 Å². The lowest BCUT2D eigenvalue weighted by Gasteiger charge is -2.47. The Labute approximate surface area is 248 Å². The van der Waals surface area contributed by atoms with Crippen molar-refractivity contribution in [2.24, 2.45) is 0 Å². The molecule has 0 aromatic carbocycles. The highest BCUT2D eigenvalue weighted by Gasteiger charge is 2.40. The molecule has 4 fully saturated rings. The van der Waals surface area contributed by atoms with Crippen LogP contribution in [-0.2, 0) is 9.47 Å². The van der Waals surface area contributed by atoms with Crippen LogP contribution >= 0.6 is 0 Å². The van der Waals surface area contributed by atoms with Crippen molar-refractivity contribution >= 4 is 23.3 Å². The number of hydrogen-bond donors (Lipinski definition) is 1. The second kappa shape index (κ2) is 10.9. The lowest BCUT2D eigenvalue weighted by Crippen LogP contribution is -2.55. The van der Waals surface area contributed by atoms with Crippen molar-refractivity contribution in [3.05, 3.63) is 35.3 Å². The first kappa shape index (κ1) is 27.7. The number of hydrogen-bond acceptors (Lipinski definition) is 9. The molecule has 10 heteroatoms. The number of nitrogens with one attached hydrogen (secondary N) is 1. The number of morpholine rings is 1. The number of ether oxygens (including phenoxy) is 3. The fourth-order valence-corrected chi connectivity index (χ4v) is 6.78. The predicted molar refractivity (Wildman–Crippen MR) is 161 cm³/mol. The Morgan fingerprint density at radius 1 is 1.05 bits per heavy atom. The van der Waals surface area contributed by atoms with Crippen LogP contribution in [0.4, 0.5) is 22.0 Å². The molecule has 5 aliphatic rings. The van der Waals surface area contributed by atoms with Gasteiger partial charge in [0.25, 0.3) is 0 Å². The Balaban J connectivity index is 1.06.